The van der Waals surface area contributed by atoms with Crippen LogP contribution in [0.25, 0.3) is 0 Å². The molecule has 0 radical (unpaired) electrons. The summed E-state index contributed by atoms with van der Waals surface area (Å²) in [5.41, 5.74) is 0. The van der Waals surface area contributed by atoms with Gasteiger partial charge in [-0.1, -0.05) is 13.3 Å². The Morgan fingerprint density at radius 2 is 1.93 bits per heavy atom. The van der Waals surface area contributed by atoms with E-state index in [4.69, 9.17) is 4.74 Å². The Bertz CT molecular complexity index is 237. The molecule has 3 fully saturated rings. The lowest BCUT2D eigenvalue weighted by Crippen LogP contribution is -2.32. The first-order valence-electron chi connectivity index (χ1n) is 6.95. The van der Waals surface area contributed by atoms with Crippen molar-refractivity contribution in [1.82, 2.24) is 0 Å². The largest absolute Gasteiger partial charge is 0.375 e. The summed E-state index contributed by atoms with van der Waals surface area (Å²) in [6, 6.07) is 0. The summed E-state index contributed by atoms with van der Waals surface area (Å²) in [5.74, 6) is 4.14. The van der Waals surface area contributed by atoms with Gasteiger partial charge in [-0.3, -0.25) is 0 Å². The SMILES string of the molecule is CCC(C)OC1CC2CC1C1CCCC21. The van der Waals surface area contributed by atoms with Crippen LogP contribution in [0.2, 0.25) is 0 Å². The van der Waals surface area contributed by atoms with Gasteiger partial charge in [0.25, 0.3) is 0 Å². The number of hydrogen-bond acceptors (Lipinski definition) is 1. The number of hydrogen-bond donors (Lipinski definition) is 0. The lowest BCUT2D eigenvalue weighted by atomic mass is 9.80. The van der Waals surface area contributed by atoms with Crippen molar-refractivity contribution in [3.05, 3.63) is 0 Å². The van der Waals surface area contributed by atoms with Crippen molar-refractivity contribution < 1.29 is 4.74 Å². The topological polar surface area (TPSA) is 9.23 Å². The molecule has 6 atom stereocenters. The van der Waals surface area contributed by atoms with E-state index in [1.165, 1.54) is 38.5 Å². The summed E-state index contributed by atoms with van der Waals surface area (Å²) in [6.07, 6.45) is 9.69. The monoisotopic (exact) mass is 208 g/mol. The summed E-state index contributed by atoms with van der Waals surface area (Å²) in [6.45, 7) is 4.47. The molecular formula is C14H24O. The molecule has 3 rings (SSSR count). The predicted molar refractivity (Wildman–Crippen MR) is 61.7 cm³/mol. The minimum absolute atomic E-state index is 0.481. The van der Waals surface area contributed by atoms with Gasteiger partial charge in [-0.2, -0.15) is 0 Å². The van der Waals surface area contributed by atoms with E-state index in [2.05, 4.69) is 13.8 Å². The molecule has 0 amide bonds. The van der Waals surface area contributed by atoms with Gasteiger partial charge in [-0.25, -0.2) is 0 Å². The molecule has 86 valence electrons. The molecule has 0 aliphatic heterocycles. The molecule has 2 bridgehead atoms. The Morgan fingerprint density at radius 1 is 1.13 bits per heavy atom. The van der Waals surface area contributed by atoms with E-state index >= 15 is 0 Å². The first-order valence-corrected chi connectivity index (χ1v) is 6.95. The van der Waals surface area contributed by atoms with Gasteiger partial charge in [0, 0.05) is 0 Å². The van der Waals surface area contributed by atoms with Gasteiger partial charge in [-0.05, 0) is 62.7 Å². The highest BCUT2D eigenvalue weighted by Crippen LogP contribution is 2.59. The molecule has 3 aliphatic carbocycles. The highest BCUT2D eigenvalue weighted by molar-refractivity contribution is 5.03. The van der Waals surface area contributed by atoms with E-state index in [1.54, 1.807) is 0 Å². The molecule has 1 nitrogen and oxygen atoms in total. The highest BCUT2D eigenvalue weighted by Gasteiger charge is 2.54. The predicted octanol–water partition coefficient (Wildman–Crippen LogP) is 3.63. The first-order chi connectivity index (χ1) is 7.29. The van der Waals surface area contributed by atoms with Crippen molar-refractivity contribution in [3.63, 3.8) is 0 Å². The summed E-state index contributed by atoms with van der Waals surface area (Å²) in [7, 11) is 0. The van der Waals surface area contributed by atoms with Crippen molar-refractivity contribution >= 4 is 0 Å². The van der Waals surface area contributed by atoms with Crippen LogP contribution in [0.4, 0.5) is 0 Å². The second kappa shape index (κ2) is 3.76. The molecule has 1 heteroatoms. The average Bonchev–Trinajstić information content (AvgIpc) is 2.87. The van der Waals surface area contributed by atoms with Crippen LogP contribution in [0.15, 0.2) is 0 Å². The maximum absolute atomic E-state index is 6.20. The molecule has 0 aromatic carbocycles. The third kappa shape index (κ3) is 1.54. The van der Waals surface area contributed by atoms with Crippen molar-refractivity contribution in [1.29, 1.82) is 0 Å². The Balaban J connectivity index is 1.65. The smallest absolute Gasteiger partial charge is 0.0612 e. The Labute approximate surface area is 93.6 Å². The summed E-state index contributed by atoms with van der Waals surface area (Å²) in [4.78, 5) is 0. The molecule has 3 aliphatic rings. The molecular weight excluding hydrogens is 184 g/mol. The maximum Gasteiger partial charge on any atom is 0.0612 e. The molecule has 6 unspecified atom stereocenters. The summed E-state index contributed by atoms with van der Waals surface area (Å²) < 4.78 is 6.20. The second-order valence-electron chi connectivity index (χ2n) is 6.05. The van der Waals surface area contributed by atoms with Gasteiger partial charge in [0.1, 0.15) is 0 Å². The van der Waals surface area contributed by atoms with Crippen LogP contribution in [-0.4, -0.2) is 12.2 Å². The average molecular weight is 208 g/mol. The van der Waals surface area contributed by atoms with Crippen LogP contribution in [0.5, 0.6) is 0 Å². The van der Waals surface area contributed by atoms with Gasteiger partial charge in [0.2, 0.25) is 0 Å². The van der Waals surface area contributed by atoms with E-state index in [0.717, 1.165) is 23.7 Å². The minimum atomic E-state index is 0.481. The van der Waals surface area contributed by atoms with Gasteiger partial charge in [-0.15, -0.1) is 0 Å². The zero-order chi connectivity index (χ0) is 10.4. The second-order valence-corrected chi connectivity index (χ2v) is 6.05. The Kier molecular flexibility index (Phi) is 2.54. The van der Waals surface area contributed by atoms with Gasteiger partial charge >= 0.3 is 0 Å². The van der Waals surface area contributed by atoms with Crippen molar-refractivity contribution in [2.24, 2.45) is 23.7 Å². The number of fused-ring (bicyclic) bond motifs is 5. The zero-order valence-electron chi connectivity index (χ0n) is 10.1. The van der Waals surface area contributed by atoms with Crippen molar-refractivity contribution in [2.45, 2.75) is 64.6 Å². The lowest BCUT2D eigenvalue weighted by molar-refractivity contribution is -0.0513. The summed E-state index contributed by atoms with van der Waals surface area (Å²) >= 11 is 0. The molecule has 15 heavy (non-hydrogen) atoms. The van der Waals surface area contributed by atoms with E-state index < -0.39 is 0 Å². The van der Waals surface area contributed by atoms with E-state index in [-0.39, 0.29) is 0 Å². The summed E-state index contributed by atoms with van der Waals surface area (Å²) in [5, 5.41) is 0. The number of ether oxygens (including phenoxy) is 1. The number of rotatable bonds is 3. The van der Waals surface area contributed by atoms with Gasteiger partial charge < -0.3 is 4.74 Å². The van der Waals surface area contributed by atoms with Crippen LogP contribution in [0, 0.1) is 23.7 Å². The van der Waals surface area contributed by atoms with Crippen molar-refractivity contribution in [3.8, 4) is 0 Å². The third-order valence-corrected chi connectivity index (χ3v) is 5.35. The fourth-order valence-corrected chi connectivity index (χ4v) is 4.56. The molecule has 0 aromatic heterocycles. The highest BCUT2D eigenvalue weighted by atomic mass is 16.5. The van der Waals surface area contributed by atoms with E-state index in [9.17, 15) is 0 Å². The Hall–Kier alpha value is -0.0400. The molecule has 0 N–H and O–H groups in total. The molecule has 3 saturated carbocycles. The van der Waals surface area contributed by atoms with Crippen molar-refractivity contribution in [2.75, 3.05) is 0 Å². The van der Waals surface area contributed by atoms with Crippen LogP contribution in [-0.2, 0) is 4.74 Å². The minimum Gasteiger partial charge on any atom is -0.375 e. The van der Waals surface area contributed by atoms with Crippen LogP contribution in [0.1, 0.15) is 52.4 Å². The van der Waals surface area contributed by atoms with Crippen LogP contribution in [0.3, 0.4) is 0 Å². The fourth-order valence-electron chi connectivity index (χ4n) is 4.56. The molecule has 0 heterocycles. The molecule has 0 aromatic rings. The van der Waals surface area contributed by atoms with Crippen LogP contribution >= 0.6 is 0 Å². The quantitative estimate of drug-likeness (QED) is 0.688. The zero-order valence-corrected chi connectivity index (χ0v) is 10.1. The fraction of sp³-hybridized carbons (Fsp3) is 1.00. The van der Waals surface area contributed by atoms with E-state index in [0.29, 0.717) is 12.2 Å². The third-order valence-electron chi connectivity index (χ3n) is 5.35. The standard InChI is InChI=1S/C14H24O/c1-3-9(2)15-14-8-10-7-13(14)12-6-4-5-11(10)12/h9-14H,3-8H2,1-2H3. The maximum atomic E-state index is 6.20. The van der Waals surface area contributed by atoms with Crippen LogP contribution < -0.4 is 0 Å². The normalized spacial score (nSPS) is 49.6. The molecule has 0 spiro atoms. The molecule has 0 saturated heterocycles. The Morgan fingerprint density at radius 3 is 2.73 bits per heavy atom. The van der Waals surface area contributed by atoms with Gasteiger partial charge in [0.15, 0.2) is 0 Å². The first kappa shape index (κ1) is 10.1. The van der Waals surface area contributed by atoms with E-state index in [1.807, 2.05) is 0 Å². The van der Waals surface area contributed by atoms with Gasteiger partial charge in [0.05, 0.1) is 12.2 Å². The lowest BCUT2D eigenvalue weighted by Gasteiger charge is -2.33.